The fourth-order valence-electron chi connectivity index (χ4n) is 6.73. The average Bonchev–Trinajstić information content (AvgIpc) is 3.80. The van der Waals surface area contributed by atoms with Crippen LogP contribution in [0, 0.1) is 5.82 Å². The molecule has 3 saturated heterocycles. The van der Waals surface area contributed by atoms with Crippen molar-refractivity contribution in [2.75, 3.05) is 24.2 Å². The van der Waals surface area contributed by atoms with Gasteiger partial charge in [-0.05, 0) is 67.1 Å². The van der Waals surface area contributed by atoms with Gasteiger partial charge in [-0.2, -0.15) is 17.5 Å². The summed E-state index contributed by atoms with van der Waals surface area (Å²) in [5.41, 5.74) is 6.59. The third-order valence-electron chi connectivity index (χ3n) is 9.05. The van der Waals surface area contributed by atoms with Crippen LogP contribution in [0.4, 0.5) is 23.2 Å². The maximum Gasteiger partial charge on any atom is 0.433 e. The van der Waals surface area contributed by atoms with Gasteiger partial charge in [-0.25, -0.2) is 12.8 Å². The molecule has 3 aliphatic heterocycles. The summed E-state index contributed by atoms with van der Waals surface area (Å²) in [6.07, 6.45) is -1.61. The quantitative estimate of drug-likeness (QED) is 0.265. The molecular formula is C31H32ClF4N5O3S. The maximum absolute atomic E-state index is 15.3. The Kier molecular flexibility index (Phi) is 8.68. The van der Waals surface area contributed by atoms with Crippen molar-refractivity contribution in [3.05, 3.63) is 94.0 Å². The molecule has 0 spiro atoms. The van der Waals surface area contributed by atoms with E-state index in [4.69, 9.17) is 17.3 Å². The Hall–Kier alpha value is -3.10. The van der Waals surface area contributed by atoms with Crippen LogP contribution in [0.2, 0.25) is 5.02 Å². The van der Waals surface area contributed by atoms with Crippen LogP contribution in [0.3, 0.4) is 0 Å². The van der Waals surface area contributed by atoms with E-state index in [2.05, 4.69) is 15.2 Å². The van der Waals surface area contributed by atoms with Crippen LogP contribution in [0.15, 0.2) is 60.8 Å². The summed E-state index contributed by atoms with van der Waals surface area (Å²) in [5, 5.41) is 3.14. The molecule has 4 heterocycles. The molecule has 3 aliphatic rings. The summed E-state index contributed by atoms with van der Waals surface area (Å²) in [7, 11) is -3.43. The van der Waals surface area contributed by atoms with Crippen molar-refractivity contribution in [1.29, 1.82) is 0 Å². The number of pyridine rings is 1. The lowest BCUT2D eigenvalue weighted by molar-refractivity contribution is -0.141. The number of alkyl halides is 3. The van der Waals surface area contributed by atoms with E-state index < -0.39 is 45.6 Å². The molecule has 0 aliphatic carbocycles. The molecule has 5 unspecified atom stereocenters. The van der Waals surface area contributed by atoms with E-state index in [9.17, 15) is 26.4 Å². The summed E-state index contributed by atoms with van der Waals surface area (Å²) in [6, 6.07) is 11.4. The minimum absolute atomic E-state index is 0.0901. The highest BCUT2D eigenvalue weighted by Gasteiger charge is 2.55. The number of piperazine rings is 1. The number of nitrogens with two attached hydrogens (primary N) is 1. The van der Waals surface area contributed by atoms with E-state index in [0.717, 1.165) is 25.2 Å². The first-order valence-corrected chi connectivity index (χ1v) is 16.7. The molecule has 0 radical (unpaired) electrons. The monoisotopic (exact) mass is 665 g/mol. The van der Waals surface area contributed by atoms with E-state index >= 15 is 4.39 Å². The molecule has 0 saturated carbocycles. The van der Waals surface area contributed by atoms with E-state index in [1.807, 2.05) is 0 Å². The minimum Gasteiger partial charge on any atom is -0.324 e. The van der Waals surface area contributed by atoms with Gasteiger partial charge in [0.05, 0.1) is 11.8 Å². The van der Waals surface area contributed by atoms with Crippen molar-refractivity contribution in [2.45, 2.75) is 61.9 Å². The molecule has 2 bridgehead atoms. The number of benzene rings is 2. The van der Waals surface area contributed by atoms with Gasteiger partial charge in [0.1, 0.15) is 11.5 Å². The van der Waals surface area contributed by atoms with Crippen molar-refractivity contribution in [1.82, 2.24) is 14.2 Å². The molecule has 1 amide bonds. The Morgan fingerprint density at radius 2 is 1.82 bits per heavy atom. The largest absolute Gasteiger partial charge is 0.433 e. The lowest BCUT2D eigenvalue weighted by atomic mass is 9.85. The smallest absolute Gasteiger partial charge is 0.324 e. The summed E-state index contributed by atoms with van der Waals surface area (Å²) < 4.78 is 82.5. The maximum atomic E-state index is 15.3. The number of nitrogens with one attached hydrogen (secondary N) is 1. The number of hydrogen-bond acceptors (Lipinski definition) is 6. The fraction of sp³-hybridized carbons (Fsp3) is 0.419. The van der Waals surface area contributed by atoms with Gasteiger partial charge in [-0.3, -0.25) is 14.7 Å². The highest BCUT2D eigenvalue weighted by molar-refractivity contribution is 7.89. The average molecular weight is 666 g/mol. The number of amides is 1. The molecule has 2 aromatic carbocycles. The van der Waals surface area contributed by atoms with Crippen LogP contribution < -0.4 is 11.1 Å². The summed E-state index contributed by atoms with van der Waals surface area (Å²) in [6.45, 7) is 1.24. The zero-order chi connectivity index (χ0) is 32.1. The highest BCUT2D eigenvalue weighted by Crippen LogP contribution is 2.40. The second-order valence-electron chi connectivity index (χ2n) is 11.8. The number of anilines is 1. The molecule has 7 atom stereocenters. The molecule has 240 valence electrons. The first-order chi connectivity index (χ1) is 21.3. The van der Waals surface area contributed by atoms with Gasteiger partial charge >= 0.3 is 6.18 Å². The molecule has 1 aromatic heterocycles. The second-order valence-corrected chi connectivity index (χ2v) is 14.3. The van der Waals surface area contributed by atoms with E-state index in [1.165, 1.54) is 18.2 Å². The molecule has 3 fully saturated rings. The van der Waals surface area contributed by atoms with Gasteiger partial charge < -0.3 is 11.1 Å². The van der Waals surface area contributed by atoms with E-state index in [-0.39, 0.29) is 47.1 Å². The van der Waals surface area contributed by atoms with Gasteiger partial charge in [0, 0.05) is 59.6 Å². The summed E-state index contributed by atoms with van der Waals surface area (Å²) in [5.74, 6) is -2.05. The van der Waals surface area contributed by atoms with E-state index in [0.29, 0.717) is 30.0 Å². The van der Waals surface area contributed by atoms with Crippen molar-refractivity contribution < 1.29 is 30.8 Å². The number of halogens is 5. The molecular weight excluding hydrogens is 634 g/mol. The molecule has 3 N–H and O–H groups in total. The second kappa shape index (κ2) is 12.3. The zero-order valence-electron chi connectivity index (χ0n) is 24.1. The number of aromatic nitrogens is 1. The predicted octanol–water partition coefficient (Wildman–Crippen LogP) is 4.78. The molecule has 6 rings (SSSR count). The lowest BCUT2D eigenvalue weighted by Crippen LogP contribution is -2.53. The van der Waals surface area contributed by atoms with Crippen LogP contribution in [0.5, 0.6) is 0 Å². The molecule has 45 heavy (non-hydrogen) atoms. The van der Waals surface area contributed by atoms with Crippen LogP contribution in [0.1, 0.15) is 47.6 Å². The number of carbonyl (C=O) groups is 1. The number of rotatable bonds is 8. The van der Waals surface area contributed by atoms with Gasteiger partial charge in [0.25, 0.3) is 0 Å². The van der Waals surface area contributed by atoms with Crippen molar-refractivity contribution in [3.63, 3.8) is 0 Å². The topological polar surface area (TPSA) is 108 Å². The van der Waals surface area contributed by atoms with Crippen LogP contribution >= 0.6 is 11.6 Å². The Morgan fingerprint density at radius 1 is 1.09 bits per heavy atom. The standard InChI is InChI=1S/C31H32ClF4N5O3S/c32-20-9-6-18(7-10-20)28(19-8-13-27(38-15-19)31(34,35)36)29(37)30(42)39-24-5-1-4-23(33)22(24)11-12-25-26-17-40(26)21-3-2-14-45(43,44)41(25)16-21/h1,4-10,13,15,21,25-26,28-29H,2-3,11-12,14,16-17,37H2,(H,39,42)/t21?,25?,26?,28-,29-,40?/m0/s1. The van der Waals surface area contributed by atoms with Crippen LogP contribution in [-0.4, -0.2) is 71.5 Å². The number of carbonyl (C=O) groups excluding carboxylic acids is 1. The van der Waals surface area contributed by atoms with Gasteiger partial charge in [-0.1, -0.05) is 35.9 Å². The lowest BCUT2D eigenvalue weighted by Gasteiger charge is -2.37. The normalized spacial score (nSPS) is 26.7. The highest BCUT2D eigenvalue weighted by atomic mass is 35.5. The summed E-state index contributed by atoms with van der Waals surface area (Å²) in [4.78, 5) is 19.5. The molecule has 8 nitrogen and oxygen atoms in total. The molecule has 14 heteroatoms. The Balaban J connectivity index is 1.23. The first-order valence-electron chi connectivity index (χ1n) is 14.7. The van der Waals surface area contributed by atoms with Gasteiger partial charge in [0.2, 0.25) is 15.9 Å². The van der Waals surface area contributed by atoms with Crippen LogP contribution in [0.25, 0.3) is 0 Å². The third kappa shape index (κ3) is 6.59. The van der Waals surface area contributed by atoms with Gasteiger partial charge in [0.15, 0.2) is 0 Å². The van der Waals surface area contributed by atoms with Crippen LogP contribution in [-0.2, 0) is 27.4 Å². The zero-order valence-corrected chi connectivity index (χ0v) is 25.6. The molecule has 3 aromatic rings. The number of sulfonamides is 1. The van der Waals surface area contributed by atoms with E-state index in [1.54, 1.807) is 34.6 Å². The summed E-state index contributed by atoms with van der Waals surface area (Å²) >= 11 is 6.04. The number of hydrogen-bond donors (Lipinski definition) is 2. The Labute approximate surface area is 263 Å². The number of fused-ring (bicyclic) bond motifs is 4. The predicted molar refractivity (Wildman–Crippen MR) is 162 cm³/mol. The van der Waals surface area contributed by atoms with Crippen molar-refractivity contribution in [2.24, 2.45) is 5.73 Å². The minimum atomic E-state index is -4.64. The van der Waals surface area contributed by atoms with Gasteiger partial charge in [-0.15, -0.1) is 0 Å². The Morgan fingerprint density at radius 3 is 2.51 bits per heavy atom. The first kappa shape index (κ1) is 31.9. The fourth-order valence-corrected chi connectivity index (χ4v) is 8.68. The van der Waals surface area contributed by atoms with Crippen molar-refractivity contribution in [3.8, 4) is 0 Å². The Bertz CT molecular complexity index is 1670. The SMILES string of the molecule is N[C@H](C(=O)Nc1cccc(F)c1CCC1C2CN2C2CCCS(=O)(=O)N1C2)[C@@H](c1ccc(Cl)cc1)c1ccc(C(F)(F)F)nc1. The third-order valence-corrected chi connectivity index (χ3v) is 11.2. The van der Waals surface area contributed by atoms with Crippen molar-refractivity contribution >= 4 is 33.2 Å². The number of nitrogens with zero attached hydrogens (tertiary/aromatic N) is 3.